The van der Waals surface area contributed by atoms with Gasteiger partial charge in [-0.15, -0.1) is 0 Å². The van der Waals surface area contributed by atoms with Gasteiger partial charge in [0.2, 0.25) is 5.91 Å². The summed E-state index contributed by atoms with van der Waals surface area (Å²) in [5.74, 6) is -1.18. The second kappa shape index (κ2) is 5.48. The lowest BCUT2D eigenvalue weighted by Crippen LogP contribution is -2.33. The molecule has 0 spiro atoms. The Morgan fingerprint density at radius 1 is 1.24 bits per heavy atom. The summed E-state index contributed by atoms with van der Waals surface area (Å²) >= 11 is 0. The molecule has 0 aromatic heterocycles. The number of carboxylic acids is 1. The quantitative estimate of drug-likeness (QED) is 0.858. The topological polar surface area (TPSA) is 57.6 Å². The van der Waals surface area contributed by atoms with Gasteiger partial charge < -0.3 is 10.0 Å². The van der Waals surface area contributed by atoms with Crippen molar-refractivity contribution < 1.29 is 14.7 Å². The van der Waals surface area contributed by atoms with Crippen LogP contribution in [0.5, 0.6) is 0 Å². The van der Waals surface area contributed by atoms with Crippen molar-refractivity contribution in [2.45, 2.75) is 20.3 Å². The van der Waals surface area contributed by atoms with Gasteiger partial charge in [0, 0.05) is 7.05 Å². The minimum Gasteiger partial charge on any atom is -0.480 e. The fraction of sp³-hybridized carbons (Fsp3) is 0.385. The third kappa shape index (κ3) is 3.90. The zero-order valence-corrected chi connectivity index (χ0v) is 10.4. The van der Waals surface area contributed by atoms with Crippen molar-refractivity contribution in [3.05, 3.63) is 34.9 Å². The van der Waals surface area contributed by atoms with E-state index in [9.17, 15) is 9.59 Å². The first-order valence-corrected chi connectivity index (χ1v) is 5.42. The van der Waals surface area contributed by atoms with E-state index in [1.165, 1.54) is 17.5 Å². The summed E-state index contributed by atoms with van der Waals surface area (Å²) in [6.07, 6.45) is 0.241. The number of aryl methyl sites for hydroxylation is 2. The minimum atomic E-state index is -0.999. The highest BCUT2D eigenvalue weighted by Crippen LogP contribution is 2.11. The smallest absolute Gasteiger partial charge is 0.323 e. The van der Waals surface area contributed by atoms with Crippen LogP contribution in [0.1, 0.15) is 16.7 Å². The van der Waals surface area contributed by atoms with Crippen LogP contribution in [0.25, 0.3) is 0 Å². The average Bonchev–Trinajstić information content (AvgIpc) is 2.22. The van der Waals surface area contributed by atoms with Crippen LogP contribution in [0.15, 0.2) is 18.2 Å². The SMILES string of the molecule is Cc1ccc(CC(=O)N(C)CC(=O)O)cc1C. The Morgan fingerprint density at radius 3 is 2.41 bits per heavy atom. The molecule has 1 rings (SSSR count). The normalized spacial score (nSPS) is 10.1. The van der Waals surface area contributed by atoms with Crippen molar-refractivity contribution >= 4 is 11.9 Å². The molecule has 1 aromatic carbocycles. The Bertz CT molecular complexity index is 440. The molecule has 0 unspecified atom stereocenters. The summed E-state index contributed by atoms with van der Waals surface area (Å²) in [6.45, 7) is 3.74. The standard InChI is InChI=1S/C13H17NO3/c1-9-4-5-11(6-10(9)2)7-12(15)14(3)8-13(16)17/h4-6H,7-8H2,1-3H3,(H,16,17). The van der Waals surface area contributed by atoms with E-state index in [-0.39, 0.29) is 18.9 Å². The number of rotatable bonds is 4. The number of likely N-dealkylation sites (N-methyl/N-ethyl adjacent to an activating group) is 1. The Morgan fingerprint density at radius 2 is 1.88 bits per heavy atom. The van der Waals surface area contributed by atoms with Gasteiger partial charge in [-0.3, -0.25) is 9.59 Å². The van der Waals surface area contributed by atoms with Crippen LogP contribution in [-0.2, 0) is 16.0 Å². The molecule has 1 N–H and O–H groups in total. The van der Waals surface area contributed by atoms with E-state index in [2.05, 4.69) is 0 Å². The van der Waals surface area contributed by atoms with Crippen LogP contribution in [0, 0.1) is 13.8 Å². The summed E-state index contributed by atoms with van der Waals surface area (Å²) < 4.78 is 0. The lowest BCUT2D eigenvalue weighted by Gasteiger charge is -2.14. The van der Waals surface area contributed by atoms with Gasteiger partial charge in [-0.05, 0) is 30.5 Å². The van der Waals surface area contributed by atoms with E-state index in [0.29, 0.717) is 0 Å². The molecular formula is C13H17NO3. The highest BCUT2D eigenvalue weighted by molar-refractivity contribution is 5.82. The van der Waals surface area contributed by atoms with Gasteiger partial charge in [0.15, 0.2) is 0 Å². The molecule has 17 heavy (non-hydrogen) atoms. The average molecular weight is 235 g/mol. The molecule has 0 saturated carbocycles. The molecule has 0 fully saturated rings. The first-order valence-electron chi connectivity index (χ1n) is 5.42. The summed E-state index contributed by atoms with van der Waals surface area (Å²) in [7, 11) is 1.50. The monoisotopic (exact) mass is 235 g/mol. The lowest BCUT2D eigenvalue weighted by molar-refractivity contribution is -0.143. The number of nitrogens with zero attached hydrogens (tertiary/aromatic N) is 1. The molecule has 92 valence electrons. The molecule has 4 nitrogen and oxygen atoms in total. The fourth-order valence-electron chi connectivity index (χ4n) is 1.51. The first kappa shape index (κ1) is 13.2. The van der Waals surface area contributed by atoms with E-state index < -0.39 is 5.97 Å². The van der Waals surface area contributed by atoms with Crippen LogP contribution >= 0.6 is 0 Å². The molecule has 4 heteroatoms. The predicted octanol–water partition coefficient (Wildman–Crippen LogP) is 1.39. The Labute approximate surface area is 101 Å². The van der Waals surface area contributed by atoms with Crippen LogP contribution in [0.4, 0.5) is 0 Å². The van der Waals surface area contributed by atoms with Gasteiger partial charge in [0.25, 0.3) is 0 Å². The number of aliphatic carboxylic acids is 1. The van der Waals surface area contributed by atoms with Crippen molar-refractivity contribution in [2.75, 3.05) is 13.6 Å². The van der Waals surface area contributed by atoms with Crippen molar-refractivity contribution in [3.8, 4) is 0 Å². The van der Waals surface area contributed by atoms with E-state index >= 15 is 0 Å². The maximum atomic E-state index is 11.7. The van der Waals surface area contributed by atoms with E-state index in [1.54, 1.807) is 0 Å². The summed E-state index contributed by atoms with van der Waals surface area (Å²) in [4.78, 5) is 23.4. The molecule has 0 aliphatic carbocycles. The molecule has 1 amide bonds. The van der Waals surface area contributed by atoms with Gasteiger partial charge in [-0.25, -0.2) is 0 Å². The predicted molar refractivity (Wildman–Crippen MR) is 64.9 cm³/mol. The number of carbonyl (C=O) groups is 2. The van der Waals surface area contributed by atoms with Gasteiger partial charge >= 0.3 is 5.97 Å². The number of hydrogen-bond acceptors (Lipinski definition) is 2. The second-order valence-electron chi connectivity index (χ2n) is 4.24. The van der Waals surface area contributed by atoms with E-state index in [0.717, 1.165) is 11.1 Å². The lowest BCUT2D eigenvalue weighted by atomic mass is 10.0. The molecule has 1 aromatic rings. The number of carbonyl (C=O) groups excluding carboxylic acids is 1. The van der Waals surface area contributed by atoms with Crippen LogP contribution in [0.3, 0.4) is 0 Å². The van der Waals surface area contributed by atoms with Crippen molar-refractivity contribution in [1.82, 2.24) is 4.90 Å². The van der Waals surface area contributed by atoms with Crippen molar-refractivity contribution in [1.29, 1.82) is 0 Å². The minimum absolute atomic E-state index is 0.185. The van der Waals surface area contributed by atoms with Gasteiger partial charge in [-0.2, -0.15) is 0 Å². The molecule has 0 saturated heterocycles. The van der Waals surface area contributed by atoms with Crippen LogP contribution in [-0.4, -0.2) is 35.5 Å². The molecule has 0 bridgehead atoms. The molecule has 0 atom stereocenters. The largest absolute Gasteiger partial charge is 0.480 e. The zero-order valence-electron chi connectivity index (χ0n) is 10.4. The molecule has 0 radical (unpaired) electrons. The third-order valence-corrected chi connectivity index (χ3v) is 2.72. The van der Waals surface area contributed by atoms with Crippen molar-refractivity contribution in [3.63, 3.8) is 0 Å². The highest BCUT2D eigenvalue weighted by Gasteiger charge is 2.12. The van der Waals surface area contributed by atoms with Crippen molar-refractivity contribution in [2.24, 2.45) is 0 Å². The molecule has 0 heterocycles. The van der Waals surface area contributed by atoms with E-state index in [4.69, 9.17) is 5.11 Å². The number of carboxylic acid groups (broad SMARTS) is 1. The Kier molecular flexibility index (Phi) is 4.26. The van der Waals surface area contributed by atoms with Crippen LogP contribution in [0.2, 0.25) is 0 Å². The number of amides is 1. The highest BCUT2D eigenvalue weighted by atomic mass is 16.4. The summed E-state index contributed by atoms with van der Waals surface area (Å²) in [6, 6.07) is 5.83. The molecular weight excluding hydrogens is 218 g/mol. The first-order chi connectivity index (χ1) is 7.90. The Hall–Kier alpha value is -1.84. The summed E-state index contributed by atoms with van der Waals surface area (Å²) in [5.41, 5.74) is 3.23. The van der Waals surface area contributed by atoms with Gasteiger partial charge in [-0.1, -0.05) is 18.2 Å². The third-order valence-electron chi connectivity index (χ3n) is 2.72. The van der Waals surface area contributed by atoms with Crippen LogP contribution < -0.4 is 0 Å². The number of hydrogen-bond donors (Lipinski definition) is 1. The van der Waals surface area contributed by atoms with Gasteiger partial charge in [0.1, 0.15) is 6.54 Å². The number of benzene rings is 1. The second-order valence-corrected chi connectivity index (χ2v) is 4.24. The maximum absolute atomic E-state index is 11.7. The molecule has 0 aliphatic heterocycles. The zero-order chi connectivity index (χ0) is 13.0. The summed E-state index contributed by atoms with van der Waals surface area (Å²) in [5, 5.41) is 8.59. The van der Waals surface area contributed by atoms with E-state index in [1.807, 2.05) is 32.0 Å². The van der Waals surface area contributed by atoms with Gasteiger partial charge in [0.05, 0.1) is 6.42 Å². The maximum Gasteiger partial charge on any atom is 0.323 e. The Balaban J connectivity index is 2.67. The fourth-order valence-corrected chi connectivity index (χ4v) is 1.51. The molecule has 0 aliphatic rings.